The van der Waals surface area contributed by atoms with Crippen LogP contribution in [0.15, 0.2) is 0 Å². The molecule has 5 heteroatoms. The Bertz CT molecular complexity index is 472. The molecule has 0 heterocycles. The molecule has 23 heavy (non-hydrogen) atoms. The maximum absolute atomic E-state index is 12.5. The van der Waals surface area contributed by atoms with Crippen molar-refractivity contribution >= 4 is 11.9 Å². The Labute approximate surface area is 139 Å². The molecular weight excluding hydrogens is 296 g/mol. The predicted octanol–water partition coefficient (Wildman–Crippen LogP) is 3.16. The van der Waals surface area contributed by atoms with Gasteiger partial charge in [0.2, 0.25) is 0 Å². The molecule has 0 aliphatic heterocycles. The number of carbonyl (C=O) groups is 2. The van der Waals surface area contributed by atoms with E-state index in [2.05, 4.69) is 20.8 Å². The van der Waals surface area contributed by atoms with Crippen LogP contribution in [0.5, 0.6) is 0 Å². The molecule has 2 aliphatic rings. The first kappa shape index (κ1) is 18.2. The van der Waals surface area contributed by atoms with Crippen LogP contribution in [0.25, 0.3) is 0 Å². The maximum atomic E-state index is 12.5. The number of rotatable bonds is 6. The summed E-state index contributed by atoms with van der Waals surface area (Å²) in [5.74, 6) is -1.19. The molecule has 2 aliphatic carbocycles. The SMILES string of the molecule is COCOC(=O)C(C)C(C)C(=O)OC1CC2CCC1(C)C2(C)C. The molecule has 5 atom stereocenters. The number of ether oxygens (including phenoxy) is 3. The van der Waals surface area contributed by atoms with E-state index >= 15 is 0 Å². The molecule has 0 saturated heterocycles. The summed E-state index contributed by atoms with van der Waals surface area (Å²) in [6.07, 6.45) is 3.20. The zero-order valence-electron chi connectivity index (χ0n) is 15.2. The third kappa shape index (κ3) is 3.00. The minimum Gasteiger partial charge on any atom is -0.462 e. The summed E-state index contributed by atoms with van der Waals surface area (Å²) in [5.41, 5.74) is 0.233. The molecule has 0 N–H and O–H groups in total. The lowest BCUT2D eigenvalue weighted by atomic mass is 9.70. The fourth-order valence-corrected chi connectivity index (χ4v) is 4.21. The minimum absolute atomic E-state index is 0.0346. The monoisotopic (exact) mass is 326 g/mol. The Morgan fingerprint density at radius 2 is 1.74 bits per heavy atom. The molecule has 132 valence electrons. The van der Waals surface area contributed by atoms with E-state index in [0.717, 1.165) is 12.8 Å². The highest BCUT2D eigenvalue weighted by molar-refractivity contribution is 5.81. The van der Waals surface area contributed by atoms with E-state index in [1.807, 2.05) is 0 Å². The van der Waals surface area contributed by atoms with Gasteiger partial charge in [0.1, 0.15) is 6.10 Å². The Morgan fingerprint density at radius 3 is 2.22 bits per heavy atom. The topological polar surface area (TPSA) is 61.8 Å². The number of esters is 2. The van der Waals surface area contributed by atoms with Gasteiger partial charge in [-0.05, 0) is 30.6 Å². The molecule has 0 radical (unpaired) electrons. The van der Waals surface area contributed by atoms with E-state index in [0.29, 0.717) is 5.92 Å². The second-order valence-corrected chi connectivity index (χ2v) is 7.98. The zero-order chi connectivity index (χ0) is 17.4. The Kier molecular flexibility index (Phi) is 5.09. The van der Waals surface area contributed by atoms with Gasteiger partial charge >= 0.3 is 11.9 Å². The first-order valence-corrected chi connectivity index (χ1v) is 8.51. The van der Waals surface area contributed by atoms with Crippen LogP contribution in [-0.4, -0.2) is 31.9 Å². The van der Waals surface area contributed by atoms with Crippen molar-refractivity contribution in [2.45, 2.75) is 60.0 Å². The molecule has 5 unspecified atom stereocenters. The van der Waals surface area contributed by atoms with E-state index in [-0.39, 0.29) is 29.7 Å². The summed E-state index contributed by atoms with van der Waals surface area (Å²) in [5, 5.41) is 0. The van der Waals surface area contributed by atoms with Gasteiger partial charge in [-0.3, -0.25) is 9.59 Å². The van der Waals surface area contributed by atoms with Crippen LogP contribution < -0.4 is 0 Å². The van der Waals surface area contributed by atoms with Gasteiger partial charge in [-0.2, -0.15) is 0 Å². The van der Waals surface area contributed by atoms with Crippen molar-refractivity contribution in [3.05, 3.63) is 0 Å². The normalized spacial score (nSPS) is 34.0. The van der Waals surface area contributed by atoms with Crippen LogP contribution in [0, 0.1) is 28.6 Å². The predicted molar refractivity (Wildman–Crippen MR) is 85.4 cm³/mol. The number of fused-ring (bicyclic) bond motifs is 2. The van der Waals surface area contributed by atoms with Gasteiger partial charge in [0.15, 0.2) is 6.79 Å². The van der Waals surface area contributed by atoms with E-state index in [4.69, 9.17) is 14.2 Å². The Morgan fingerprint density at radius 1 is 1.13 bits per heavy atom. The van der Waals surface area contributed by atoms with Crippen molar-refractivity contribution in [2.75, 3.05) is 13.9 Å². The lowest BCUT2D eigenvalue weighted by molar-refractivity contribution is -0.171. The highest BCUT2D eigenvalue weighted by Gasteiger charge is 2.63. The van der Waals surface area contributed by atoms with Gasteiger partial charge in [-0.25, -0.2) is 0 Å². The van der Waals surface area contributed by atoms with Crippen LogP contribution in [0.4, 0.5) is 0 Å². The quantitative estimate of drug-likeness (QED) is 0.554. The lowest BCUT2D eigenvalue weighted by Crippen LogP contribution is -2.40. The molecule has 5 nitrogen and oxygen atoms in total. The van der Waals surface area contributed by atoms with E-state index in [9.17, 15) is 9.59 Å². The highest BCUT2D eigenvalue weighted by Crippen LogP contribution is 2.66. The van der Waals surface area contributed by atoms with Gasteiger partial charge in [0.25, 0.3) is 0 Å². The summed E-state index contributed by atoms with van der Waals surface area (Å²) in [7, 11) is 1.45. The molecule has 0 amide bonds. The average molecular weight is 326 g/mol. The summed E-state index contributed by atoms with van der Waals surface area (Å²) < 4.78 is 15.5. The van der Waals surface area contributed by atoms with Crippen LogP contribution in [-0.2, 0) is 23.8 Å². The van der Waals surface area contributed by atoms with Gasteiger partial charge in [0, 0.05) is 12.5 Å². The van der Waals surface area contributed by atoms with Gasteiger partial charge in [-0.15, -0.1) is 0 Å². The van der Waals surface area contributed by atoms with Crippen molar-refractivity contribution in [1.82, 2.24) is 0 Å². The summed E-state index contributed by atoms with van der Waals surface area (Å²) in [4.78, 5) is 24.4. The number of hydrogen-bond acceptors (Lipinski definition) is 5. The van der Waals surface area contributed by atoms with Gasteiger partial charge in [-0.1, -0.05) is 34.6 Å². The van der Waals surface area contributed by atoms with Crippen molar-refractivity contribution in [2.24, 2.45) is 28.6 Å². The molecule has 0 aromatic heterocycles. The summed E-state index contributed by atoms with van der Waals surface area (Å²) in [6.45, 7) is 10.1. The molecule has 2 fully saturated rings. The van der Waals surface area contributed by atoms with E-state index < -0.39 is 17.8 Å². The number of hydrogen-bond donors (Lipinski definition) is 0. The maximum Gasteiger partial charge on any atom is 0.311 e. The number of carbonyl (C=O) groups excluding carboxylic acids is 2. The molecule has 0 aromatic carbocycles. The summed E-state index contributed by atoms with van der Waals surface area (Å²) >= 11 is 0. The minimum atomic E-state index is -0.544. The van der Waals surface area contributed by atoms with Crippen LogP contribution in [0.1, 0.15) is 53.9 Å². The van der Waals surface area contributed by atoms with Crippen LogP contribution in [0.2, 0.25) is 0 Å². The standard InChI is InChI=1S/C18H30O5/c1-11(15(19)22-10-21-6)12(2)16(20)23-14-9-13-7-8-18(14,5)17(13,3)4/h11-14H,7-10H2,1-6H3. The third-order valence-electron chi connectivity index (χ3n) is 6.78. The number of methoxy groups -OCH3 is 1. The van der Waals surface area contributed by atoms with Crippen LogP contribution in [0.3, 0.4) is 0 Å². The Balaban J connectivity index is 1.96. The van der Waals surface area contributed by atoms with Gasteiger partial charge < -0.3 is 14.2 Å². The fraction of sp³-hybridized carbons (Fsp3) is 0.889. The molecular formula is C18H30O5. The smallest absolute Gasteiger partial charge is 0.311 e. The third-order valence-corrected chi connectivity index (χ3v) is 6.78. The first-order valence-electron chi connectivity index (χ1n) is 8.51. The highest BCUT2D eigenvalue weighted by atomic mass is 16.7. The molecule has 2 rings (SSSR count). The van der Waals surface area contributed by atoms with Crippen LogP contribution >= 0.6 is 0 Å². The van der Waals surface area contributed by atoms with Gasteiger partial charge in [0.05, 0.1) is 11.8 Å². The lowest BCUT2D eigenvalue weighted by Gasteiger charge is -2.38. The Hall–Kier alpha value is -1.10. The largest absolute Gasteiger partial charge is 0.462 e. The van der Waals surface area contributed by atoms with Crippen molar-refractivity contribution in [3.63, 3.8) is 0 Å². The zero-order valence-corrected chi connectivity index (χ0v) is 15.2. The van der Waals surface area contributed by atoms with E-state index in [1.165, 1.54) is 13.5 Å². The first-order chi connectivity index (χ1) is 10.6. The van der Waals surface area contributed by atoms with E-state index in [1.54, 1.807) is 13.8 Å². The fourth-order valence-electron chi connectivity index (χ4n) is 4.21. The molecule has 2 saturated carbocycles. The van der Waals surface area contributed by atoms with Crippen molar-refractivity contribution in [3.8, 4) is 0 Å². The molecule has 2 bridgehead atoms. The summed E-state index contributed by atoms with van der Waals surface area (Å²) in [6, 6.07) is 0. The second kappa shape index (κ2) is 6.42. The molecule has 0 aromatic rings. The van der Waals surface area contributed by atoms with Crippen molar-refractivity contribution < 1.29 is 23.8 Å². The van der Waals surface area contributed by atoms with Crippen molar-refractivity contribution in [1.29, 1.82) is 0 Å². The molecule has 0 spiro atoms. The second-order valence-electron chi connectivity index (χ2n) is 7.98. The average Bonchev–Trinajstić information content (AvgIpc) is 2.84.